The molecule has 0 fully saturated rings. The van der Waals surface area contributed by atoms with Crippen LogP contribution in [-0.4, -0.2) is 17.2 Å². The van der Waals surface area contributed by atoms with E-state index in [1.807, 2.05) is 48.7 Å². The molecule has 0 amide bonds. The Bertz CT molecular complexity index is 765. The van der Waals surface area contributed by atoms with Crippen molar-refractivity contribution in [1.29, 1.82) is 0 Å². The van der Waals surface area contributed by atoms with Gasteiger partial charge in [0.05, 0.1) is 15.8 Å². The van der Waals surface area contributed by atoms with Crippen LogP contribution in [0.4, 0.5) is 0 Å². The maximum absolute atomic E-state index is 12.1. The molecule has 0 aliphatic carbocycles. The highest BCUT2D eigenvalue weighted by Gasteiger charge is 2.10. The van der Waals surface area contributed by atoms with E-state index in [9.17, 15) is 4.79 Å². The van der Waals surface area contributed by atoms with E-state index in [0.717, 1.165) is 26.5 Å². The first-order valence-corrected chi connectivity index (χ1v) is 9.07. The lowest BCUT2D eigenvalue weighted by Crippen LogP contribution is -2.05. The van der Waals surface area contributed by atoms with E-state index in [2.05, 4.69) is 4.98 Å². The van der Waals surface area contributed by atoms with Gasteiger partial charge in [0.2, 0.25) is 0 Å². The van der Waals surface area contributed by atoms with Crippen LogP contribution in [-0.2, 0) is 17.1 Å². The maximum Gasteiger partial charge on any atom is 0.338 e. The molecule has 1 aromatic heterocycles. The summed E-state index contributed by atoms with van der Waals surface area (Å²) in [6, 6.07) is 15.5. The zero-order chi connectivity index (χ0) is 15.4. The van der Waals surface area contributed by atoms with Gasteiger partial charge in [-0.1, -0.05) is 24.3 Å². The average molecular weight is 329 g/mol. The molecule has 0 saturated heterocycles. The number of benzene rings is 2. The summed E-state index contributed by atoms with van der Waals surface area (Å²) in [6.45, 7) is 0.213. The molecule has 112 valence electrons. The van der Waals surface area contributed by atoms with Crippen molar-refractivity contribution in [2.45, 2.75) is 12.4 Å². The molecular weight excluding hydrogens is 314 g/mol. The number of thiazole rings is 1. The SMILES string of the molecule is CSCc1cccc(C(=O)OCc2nc3ccccc3s2)c1. The Kier molecular flexibility index (Phi) is 4.75. The summed E-state index contributed by atoms with van der Waals surface area (Å²) in [4.78, 5) is 16.6. The number of nitrogens with zero attached hydrogens (tertiary/aromatic N) is 1. The number of aromatic nitrogens is 1. The van der Waals surface area contributed by atoms with Crippen LogP contribution in [0.3, 0.4) is 0 Å². The Morgan fingerprint density at radius 3 is 2.91 bits per heavy atom. The molecule has 1 heterocycles. The van der Waals surface area contributed by atoms with Gasteiger partial charge in [0, 0.05) is 5.75 Å². The van der Waals surface area contributed by atoms with Crippen LogP contribution < -0.4 is 0 Å². The fraction of sp³-hybridized carbons (Fsp3) is 0.176. The largest absolute Gasteiger partial charge is 0.455 e. The number of esters is 1. The molecule has 5 heteroatoms. The molecule has 3 nitrogen and oxygen atoms in total. The molecule has 0 bridgehead atoms. The molecule has 3 aromatic rings. The van der Waals surface area contributed by atoms with Gasteiger partial charge in [-0.05, 0) is 36.1 Å². The van der Waals surface area contributed by atoms with Crippen LogP contribution in [0.15, 0.2) is 48.5 Å². The highest BCUT2D eigenvalue weighted by atomic mass is 32.2. The number of carbonyl (C=O) groups is 1. The first-order valence-electron chi connectivity index (χ1n) is 6.86. The number of ether oxygens (including phenoxy) is 1. The second kappa shape index (κ2) is 6.94. The fourth-order valence-corrected chi connectivity index (χ4v) is 3.54. The van der Waals surface area contributed by atoms with E-state index in [0.29, 0.717) is 5.56 Å². The van der Waals surface area contributed by atoms with Crippen LogP contribution in [0.5, 0.6) is 0 Å². The van der Waals surface area contributed by atoms with Gasteiger partial charge in [0.1, 0.15) is 11.6 Å². The molecule has 3 rings (SSSR count). The zero-order valence-corrected chi connectivity index (χ0v) is 13.7. The van der Waals surface area contributed by atoms with Gasteiger partial charge >= 0.3 is 5.97 Å². The number of carbonyl (C=O) groups excluding carboxylic acids is 1. The molecule has 0 atom stereocenters. The van der Waals surface area contributed by atoms with Gasteiger partial charge in [0.25, 0.3) is 0 Å². The minimum atomic E-state index is -0.304. The molecular formula is C17H15NO2S2. The Labute approximate surface area is 137 Å². The number of hydrogen-bond donors (Lipinski definition) is 0. The van der Waals surface area contributed by atoms with Crippen LogP contribution in [0, 0.1) is 0 Å². The normalized spacial score (nSPS) is 10.8. The van der Waals surface area contributed by atoms with Gasteiger partial charge in [-0.25, -0.2) is 9.78 Å². The quantitative estimate of drug-likeness (QED) is 0.645. The van der Waals surface area contributed by atoms with Crippen molar-refractivity contribution in [3.8, 4) is 0 Å². The molecule has 2 aromatic carbocycles. The van der Waals surface area contributed by atoms with Gasteiger partial charge in [-0.2, -0.15) is 11.8 Å². The third kappa shape index (κ3) is 3.48. The van der Waals surface area contributed by atoms with Gasteiger partial charge in [0.15, 0.2) is 0 Å². The monoisotopic (exact) mass is 329 g/mol. The molecule has 0 spiro atoms. The number of para-hydroxylation sites is 1. The van der Waals surface area contributed by atoms with Gasteiger partial charge in [-0.15, -0.1) is 11.3 Å². The third-order valence-electron chi connectivity index (χ3n) is 3.14. The predicted molar refractivity (Wildman–Crippen MR) is 92.4 cm³/mol. The van der Waals surface area contributed by atoms with Crippen molar-refractivity contribution in [2.75, 3.05) is 6.26 Å². The standard InChI is InChI=1S/C17H15NO2S2/c1-21-11-12-5-4-6-13(9-12)17(19)20-10-16-18-14-7-2-3-8-15(14)22-16/h2-9H,10-11H2,1H3. The molecule has 0 saturated carbocycles. The summed E-state index contributed by atoms with van der Waals surface area (Å²) < 4.78 is 6.49. The van der Waals surface area contributed by atoms with E-state index < -0.39 is 0 Å². The molecule has 0 radical (unpaired) electrons. The molecule has 0 N–H and O–H groups in total. The Morgan fingerprint density at radius 1 is 1.23 bits per heavy atom. The second-order valence-corrected chi connectivity index (χ2v) is 6.77. The van der Waals surface area contributed by atoms with Crippen LogP contribution in [0.2, 0.25) is 0 Å². The topological polar surface area (TPSA) is 39.2 Å². The Morgan fingerprint density at radius 2 is 2.09 bits per heavy atom. The summed E-state index contributed by atoms with van der Waals surface area (Å²) in [6.07, 6.45) is 2.04. The lowest BCUT2D eigenvalue weighted by molar-refractivity contribution is 0.0472. The third-order valence-corrected chi connectivity index (χ3v) is 4.77. The summed E-state index contributed by atoms with van der Waals surface area (Å²) in [7, 11) is 0. The van der Waals surface area contributed by atoms with Crippen LogP contribution in [0.25, 0.3) is 10.2 Å². The highest BCUT2D eigenvalue weighted by molar-refractivity contribution is 7.97. The maximum atomic E-state index is 12.1. The second-order valence-electron chi connectivity index (χ2n) is 4.78. The smallest absolute Gasteiger partial charge is 0.338 e. The van der Waals surface area contributed by atoms with Crippen molar-refractivity contribution in [2.24, 2.45) is 0 Å². The Hall–Kier alpha value is -1.85. The van der Waals surface area contributed by atoms with Crippen molar-refractivity contribution >= 4 is 39.3 Å². The first kappa shape index (κ1) is 15.1. The van der Waals surface area contributed by atoms with Gasteiger partial charge < -0.3 is 4.74 Å². The first-order chi connectivity index (χ1) is 10.8. The van der Waals surface area contributed by atoms with Crippen molar-refractivity contribution in [3.63, 3.8) is 0 Å². The van der Waals surface area contributed by atoms with Crippen molar-refractivity contribution < 1.29 is 9.53 Å². The van der Waals surface area contributed by atoms with E-state index in [-0.39, 0.29) is 12.6 Å². The lowest BCUT2D eigenvalue weighted by atomic mass is 10.1. The zero-order valence-electron chi connectivity index (χ0n) is 12.1. The van der Waals surface area contributed by atoms with Crippen molar-refractivity contribution in [1.82, 2.24) is 4.98 Å². The molecule has 0 aliphatic rings. The molecule has 0 aliphatic heterocycles. The number of fused-ring (bicyclic) bond motifs is 1. The van der Waals surface area contributed by atoms with Crippen molar-refractivity contribution in [3.05, 3.63) is 64.7 Å². The number of thioether (sulfide) groups is 1. The number of rotatable bonds is 5. The predicted octanol–water partition coefficient (Wildman–Crippen LogP) is 4.52. The van der Waals surface area contributed by atoms with E-state index in [1.54, 1.807) is 29.2 Å². The summed E-state index contributed by atoms with van der Waals surface area (Å²) in [5.41, 5.74) is 2.66. The van der Waals surface area contributed by atoms with Gasteiger partial charge in [-0.3, -0.25) is 0 Å². The van der Waals surface area contributed by atoms with Crippen LogP contribution in [0.1, 0.15) is 20.9 Å². The summed E-state index contributed by atoms with van der Waals surface area (Å²) in [5, 5.41) is 0.815. The minimum Gasteiger partial charge on any atom is -0.455 e. The lowest BCUT2D eigenvalue weighted by Gasteiger charge is -2.04. The Balaban J connectivity index is 1.67. The fourth-order valence-electron chi connectivity index (χ4n) is 2.15. The molecule has 22 heavy (non-hydrogen) atoms. The average Bonchev–Trinajstić information content (AvgIpc) is 2.96. The summed E-state index contributed by atoms with van der Waals surface area (Å²) in [5.74, 6) is 0.584. The van der Waals surface area contributed by atoms with E-state index in [1.165, 1.54) is 0 Å². The number of hydrogen-bond acceptors (Lipinski definition) is 5. The highest BCUT2D eigenvalue weighted by Crippen LogP contribution is 2.22. The van der Waals surface area contributed by atoms with Crippen LogP contribution >= 0.6 is 23.1 Å². The van der Waals surface area contributed by atoms with E-state index in [4.69, 9.17) is 4.74 Å². The molecule has 0 unspecified atom stereocenters. The van der Waals surface area contributed by atoms with E-state index >= 15 is 0 Å². The summed E-state index contributed by atoms with van der Waals surface area (Å²) >= 11 is 3.28. The minimum absolute atomic E-state index is 0.213.